The smallest absolute Gasteiger partial charge is 0.149 e. The Labute approximate surface area is 123 Å². The third kappa shape index (κ3) is 3.25. The topological polar surface area (TPSA) is 37.8 Å². The molecule has 0 aliphatic rings. The highest BCUT2D eigenvalue weighted by Gasteiger charge is 2.17. The van der Waals surface area contributed by atoms with E-state index in [-0.39, 0.29) is 16.8 Å². The number of rotatable bonds is 5. The van der Waals surface area contributed by atoms with Crippen molar-refractivity contribution in [3.8, 4) is 0 Å². The lowest BCUT2D eigenvalue weighted by molar-refractivity contribution is 0.365. The summed E-state index contributed by atoms with van der Waals surface area (Å²) in [7, 11) is 0. The van der Waals surface area contributed by atoms with Gasteiger partial charge in [0.05, 0.1) is 11.7 Å². The number of nitrogens with zero attached hydrogens (tertiary/aromatic N) is 2. The molecular formula is C15H17ClFN3. The Balaban J connectivity index is 2.27. The second-order valence-electron chi connectivity index (χ2n) is 4.55. The Morgan fingerprint density at radius 2 is 1.95 bits per heavy atom. The summed E-state index contributed by atoms with van der Waals surface area (Å²) in [5.74, 6) is 0.469. The maximum Gasteiger partial charge on any atom is 0.149 e. The van der Waals surface area contributed by atoms with E-state index < -0.39 is 6.17 Å². The van der Waals surface area contributed by atoms with Crippen LogP contribution in [0.5, 0.6) is 0 Å². The molecule has 0 saturated carbocycles. The number of halogens is 2. The molecule has 0 aliphatic carbocycles. The number of alkyl halides is 1. The highest BCUT2D eigenvalue weighted by molar-refractivity contribution is 6.33. The number of nitrogens with one attached hydrogen (secondary N) is 1. The van der Waals surface area contributed by atoms with Gasteiger partial charge in [0, 0.05) is 0 Å². The minimum absolute atomic E-state index is 0.0753. The van der Waals surface area contributed by atoms with Crippen LogP contribution in [0.2, 0.25) is 5.02 Å². The van der Waals surface area contributed by atoms with Crippen molar-refractivity contribution in [1.29, 1.82) is 0 Å². The van der Waals surface area contributed by atoms with Crippen LogP contribution in [0.3, 0.4) is 0 Å². The summed E-state index contributed by atoms with van der Waals surface area (Å²) < 4.78 is 13.4. The molecular weight excluding hydrogens is 277 g/mol. The van der Waals surface area contributed by atoms with Gasteiger partial charge in [0.1, 0.15) is 23.3 Å². The van der Waals surface area contributed by atoms with Crippen LogP contribution in [0.15, 0.2) is 36.7 Å². The van der Waals surface area contributed by atoms with E-state index in [2.05, 4.69) is 22.2 Å². The molecule has 106 valence electrons. The van der Waals surface area contributed by atoms with Gasteiger partial charge < -0.3 is 5.32 Å². The van der Waals surface area contributed by atoms with Gasteiger partial charge in [-0.3, -0.25) is 0 Å². The van der Waals surface area contributed by atoms with Crippen molar-refractivity contribution in [2.75, 3.05) is 5.32 Å². The maximum absolute atomic E-state index is 13.4. The van der Waals surface area contributed by atoms with Crippen molar-refractivity contribution in [2.45, 2.75) is 32.5 Å². The average molecular weight is 294 g/mol. The van der Waals surface area contributed by atoms with Crippen molar-refractivity contribution < 1.29 is 4.39 Å². The van der Waals surface area contributed by atoms with E-state index in [1.807, 2.05) is 30.3 Å². The highest BCUT2D eigenvalue weighted by atomic mass is 35.5. The predicted octanol–water partition coefficient (Wildman–Crippen LogP) is 4.72. The lowest BCUT2D eigenvalue weighted by Crippen LogP contribution is -2.12. The molecule has 0 bridgehead atoms. The van der Waals surface area contributed by atoms with Crippen LogP contribution >= 0.6 is 11.6 Å². The van der Waals surface area contributed by atoms with Gasteiger partial charge in [-0.25, -0.2) is 14.4 Å². The van der Waals surface area contributed by atoms with Crippen molar-refractivity contribution in [3.63, 3.8) is 0 Å². The van der Waals surface area contributed by atoms with Crippen molar-refractivity contribution in [3.05, 3.63) is 52.9 Å². The molecule has 5 heteroatoms. The van der Waals surface area contributed by atoms with Crippen molar-refractivity contribution in [2.24, 2.45) is 0 Å². The number of benzene rings is 1. The second-order valence-corrected chi connectivity index (χ2v) is 4.93. The van der Waals surface area contributed by atoms with E-state index >= 15 is 0 Å². The molecule has 0 fully saturated rings. The molecule has 20 heavy (non-hydrogen) atoms. The Morgan fingerprint density at radius 3 is 2.55 bits per heavy atom. The zero-order chi connectivity index (χ0) is 14.5. The largest absolute Gasteiger partial charge is 0.362 e. The lowest BCUT2D eigenvalue weighted by Gasteiger charge is -2.19. The van der Waals surface area contributed by atoms with Crippen LogP contribution < -0.4 is 5.32 Å². The van der Waals surface area contributed by atoms with Gasteiger partial charge in [-0.1, -0.05) is 48.9 Å². The van der Waals surface area contributed by atoms with Crippen molar-refractivity contribution >= 4 is 17.4 Å². The van der Waals surface area contributed by atoms with E-state index in [9.17, 15) is 4.39 Å². The highest BCUT2D eigenvalue weighted by Crippen LogP contribution is 2.31. The van der Waals surface area contributed by atoms with Gasteiger partial charge in [0.2, 0.25) is 0 Å². The first-order valence-corrected chi connectivity index (χ1v) is 6.97. The third-order valence-electron chi connectivity index (χ3n) is 3.11. The van der Waals surface area contributed by atoms with Gasteiger partial charge in [-0.2, -0.15) is 0 Å². The Hall–Kier alpha value is -1.68. The maximum atomic E-state index is 13.4. The Bertz CT molecular complexity index is 560. The lowest BCUT2D eigenvalue weighted by atomic mass is 10.0. The molecule has 1 aromatic heterocycles. The first-order valence-electron chi connectivity index (χ1n) is 6.59. The average Bonchev–Trinajstić information content (AvgIpc) is 2.47. The second kappa shape index (κ2) is 6.66. The van der Waals surface area contributed by atoms with E-state index in [4.69, 9.17) is 11.6 Å². The van der Waals surface area contributed by atoms with E-state index in [0.29, 0.717) is 5.82 Å². The van der Waals surface area contributed by atoms with E-state index in [0.717, 1.165) is 12.0 Å². The summed E-state index contributed by atoms with van der Waals surface area (Å²) in [6.45, 7) is 3.48. The molecule has 0 aliphatic heterocycles. The van der Waals surface area contributed by atoms with Gasteiger partial charge in [0.15, 0.2) is 0 Å². The summed E-state index contributed by atoms with van der Waals surface area (Å²) in [5, 5.41) is 3.51. The molecule has 1 heterocycles. The monoisotopic (exact) mass is 293 g/mol. The summed E-state index contributed by atoms with van der Waals surface area (Å²) in [6.07, 6.45) is 0.977. The molecule has 2 aromatic rings. The molecule has 1 N–H and O–H groups in total. The summed E-state index contributed by atoms with van der Waals surface area (Å²) in [5.41, 5.74) is 1.35. The fraction of sp³-hybridized carbons (Fsp3) is 0.333. The summed E-state index contributed by atoms with van der Waals surface area (Å²) in [6, 6.07) is 10.1. The minimum atomic E-state index is -1.22. The minimum Gasteiger partial charge on any atom is -0.362 e. The van der Waals surface area contributed by atoms with E-state index in [1.165, 1.54) is 13.3 Å². The number of anilines is 1. The molecule has 2 rings (SSSR count). The van der Waals surface area contributed by atoms with Crippen LogP contribution in [0.25, 0.3) is 0 Å². The number of aromatic nitrogens is 2. The standard InChI is InChI=1S/C15H17ClFN3/c1-3-12(11-7-5-4-6-8-11)20-15-13(16)14(10(2)17)18-9-19-15/h4-10,12H,3H2,1-2H3,(H,18,19,20). The molecule has 0 radical (unpaired) electrons. The van der Waals surface area contributed by atoms with Crippen LogP contribution in [0.4, 0.5) is 10.2 Å². The van der Waals surface area contributed by atoms with Gasteiger partial charge in [0.25, 0.3) is 0 Å². The van der Waals surface area contributed by atoms with Gasteiger partial charge >= 0.3 is 0 Å². The number of hydrogen-bond donors (Lipinski definition) is 1. The molecule has 2 atom stereocenters. The Kier molecular flexibility index (Phi) is 4.90. The number of hydrogen-bond acceptors (Lipinski definition) is 3. The zero-order valence-electron chi connectivity index (χ0n) is 11.5. The third-order valence-corrected chi connectivity index (χ3v) is 3.49. The van der Waals surface area contributed by atoms with Gasteiger partial charge in [-0.15, -0.1) is 0 Å². The van der Waals surface area contributed by atoms with Crippen LogP contribution in [-0.4, -0.2) is 9.97 Å². The van der Waals surface area contributed by atoms with Crippen LogP contribution in [0, 0.1) is 0 Å². The van der Waals surface area contributed by atoms with E-state index in [1.54, 1.807) is 0 Å². The first-order chi connectivity index (χ1) is 9.63. The zero-order valence-corrected chi connectivity index (χ0v) is 12.2. The van der Waals surface area contributed by atoms with Crippen LogP contribution in [-0.2, 0) is 0 Å². The molecule has 0 amide bonds. The molecule has 3 nitrogen and oxygen atoms in total. The van der Waals surface area contributed by atoms with Gasteiger partial charge in [-0.05, 0) is 18.9 Å². The van der Waals surface area contributed by atoms with Crippen molar-refractivity contribution in [1.82, 2.24) is 9.97 Å². The fourth-order valence-corrected chi connectivity index (χ4v) is 2.34. The summed E-state index contributed by atoms with van der Waals surface area (Å²) in [4.78, 5) is 8.00. The first kappa shape index (κ1) is 14.7. The SMILES string of the molecule is CCC(Nc1ncnc(C(C)F)c1Cl)c1ccccc1. The fourth-order valence-electron chi connectivity index (χ4n) is 2.03. The normalized spacial score (nSPS) is 13.8. The molecule has 1 aromatic carbocycles. The van der Waals surface area contributed by atoms with Crippen LogP contribution in [0.1, 0.15) is 43.7 Å². The Morgan fingerprint density at radius 1 is 1.25 bits per heavy atom. The molecule has 2 unspecified atom stereocenters. The quantitative estimate of drug-likeness (QED) is 0.866. The molecule has 0 spiro atoms. The predicted molar refractivity (Wildman–Crippen MR) is 79.7 cm³/mol. The molecule has 0 saturated heterocycles. The summed E-state index contributed by atoms with van der Waals surface area (Å²) >= 11 is 6.16.